The van der Waals surface area contributed by atoms with Crippen LogP contribution in [0.4, 0.5) is 0 Å². The van der Waals surface area contributed by atoms with Gasteiger partial charge in [-0.05, 0) is 17.9 Å². The number of hydrogen-bond acceptors (Lipinski definition) is 5. The van der Waals surface area contributed by atoms with Crippen molar-refractivity contribution in [3.63, 3.8) is 0 Å². The second-order valence-electron chi connectivity index (χ2n) is 7.19. The Hall–Kier alpha value is -1.47. The van der Waals surface area contributed by atoms with E-state index in [1.165, 1.54) is 0 Å². The molecule has 1 saturated carbocycles. The third-order valence-corrected chi connectivity index (χ3v) is 5.65. The second-order valence-corrected chi connectivity index (χ2v) is 7.19. The van der Waals surface area contributed by atoms with Crippen LogP contribution in [0.5, 0.6) is 0 Å². The first-order chi connectivity index (χ1) is 12.2. The molecule has 0 radical (unpaired) electrons. The minimum atomic E-state index is -0.395. The normalized spacial score (nSPS) is 36.3. The van der Waals surface area contributed by atoms with Crippen LogP contribution in [-0.4, -0.2) is 50.8 Å². The van der Waals surface area contributed by atoms with E-state index < -0.39 is 5.60 Å². The number of epoxide rings is 1. The molecule has 0 spiro atoms. The summed E-state index contributed by atoms with van der Waals surface area (Å²) in [4.78, 5) is 11.9. The monoisotopic (exact) mass is 347 g/mol. The van der Waals surface area contributed by atoms with Gasteiger partial charge in [0.1, 0.15) is 18.5 Å². The number of amides is 1. The molecule has 4 rings (SSSR count). The zero-order valence-corrected chi connectivity index (χ0v) is 14.5. The van der Waals surface area contributed by atoms with Gasteiger partial charge in [0, 0.05) is 26.0 Å². The quantitative estimate of drug-likeness (QED) is 0.598. The Morgan fingerprint density at radius 1 is 1.32 bits per heavy atom. The number of nitrogens with one attached hydrogen (secondary N) is 1. The van der Waals surface area contributed by atoms with Gasteiger partial charge in [0.2, 0.25) is 5.91 Å². The molecular weight excluding hydrogens is 322 g/mol. The maximum absolute atomic E-state index is 11.9. The van der Waals surface area contributed by atoms with Gasteiger partial charge in [-0.15, -0.1) is 0 Å². The van der Waals surface area contributed by atoms with Crippen molar-refractivity contribution >= 4 is 5.91 Å². The number of carbonyl (C=O) groups excluding carboxylic acids is 1. The molecule has 6 nitrogen and oxygen atoms in total. The average Bonchev–Trinajstić information content (AvgIpc) is 3.37. The van der Waals surface area contributed by atoms with E-state index in [-0.39, 0.29) is 30.8 Å². The van der Waals surface area contributed by atoms with Crippen LogP contribution in [0.15, 0.2) is 30.3 Å². The predicted octanol–water partition coefficient (Wildman–Crippen LogP) is 1.49. The van der Waals surface area contributed by atoms with Gasteiger partial charge in [-0.1, -0.05) is 30.3 Å². The Bertz CT molecular complexity index is 609. The van der Waals surface area contributed by atoms with Gasteiger partial charge in [-0.3, -0.25) is 4.79 Å². The Labute approximate surface area is 147 Å². The lowest BCUT2D eigenvalue weighted by Gasteiger charge is -2.41. The molecule has 1 amide bonds. The summed E-state index contributed by atoms with van der Waals surface area (Å²) in [5.41, 5.74) is 0.741. The summed E-state index contributed by atoms with van der Waals surface area (Å²) in [7, 11) is 1.62. The molecule has 2 aliphatic heterocycles. The summed E-state index contributed by atoms with van der Waals surface area (Å²) < 4.78 is 23.0. The van der Waals surface area contributed by atoms with Crippen molar-refractivity contribution in [3.05, 3.63) is 35.9 Å². The molecule has 0 bridgehead atoms. The minimum absolute atomic E-state index is 0.00322. The molecule has 1 aliphatic carbocycles. The van der Waals surface area contributed by atoms with Crippen molar-refractivity contribution in [1.82, 2.24) is 5.32 Å². The lowest BCUT2D eigenvalue weighted by atomic mass is 9.68. The lowest BCUT2D eigenvalue weighted by Crippen LogP contribution is -2.54. The number of piperidine rings is 1. The van der Waals surface area contributed by atoms with Crippen molar-refractivity contribution in [1.29, 1.82) is 0 Å². The van der Waals surface area contributed by atoms with Crippen molar-refractivity contribution in [3.8, 4) is 0 Å². The summed E-state index contributed by atoms with van der Waals surface area (Å²) in [6, 6.07) is 10.1. The molecule has 3 fully saturated rings. The van der Waals surface area contributed by atoms with Crippen LogP contribution >= 0.6 is 0 Å². The van der Waals surface area contributed by atoms with E-state index in [1.807, 2.05) is 30.3 Å². The van der Waals surface area contributed by atoms with E-state index in [4.69, 9.17) is 18.9 Å². The van der Waals surface area contributed by atoms with Gasteiger partial charge in [0.05, 0.1) is 19.3 Å². The minimum Gasteiger partial charge on any atom is -0.374 e. The van der Waals surface area contributed by atoms with Crippen LogP contribution in [0, 0.1) is 11.8 Å². The fourth-order valence-electron chi connectivity index (χ4n) is 4.40. The standard InChI is InChI=1S/C19H25NO5/c1-22-12-24-16-7-14-9-20-17(21)8-15(14)19(18(16)25-19)11-23-10-13-5-3-2-4-6-13/h2-6,14-16,18H,7-12H2,1H3,(H,20,21)/t14-,15+,16-,18-,19+/m1/s1. The number of benzene rings is 1. The van der Waals surface area contributed by atoms with E-state index in [9.17, 15) is 4.79 Å². The largest absolute Gasteiger partial charge is 0.374 e. The van der Waals surface area contributed by atoms with Crippen LogP contribution in [-0.2, 0) is 30.3 Å². The molecule has 2 saturated heterocycles. The molecule has 0 unspecified atom stereocenters. The highest BCUT2D eigenvalue weighted by molar-refractivity contribution is 5.77. The van der Waals surface area contributed by atoms with Gasteiger partial charge >= 0.3 is 0 Å². The molecule has 136 valence electrons. The molecule has 6 heteroatoms. The predicted molar refractivity (Wildman–Crippen MR) is 89.7 cm³/mol. The first-order valence-electron chi connectivity index (χ1n) is 8.89. The van der Waals surface area contributed by atoms with E-state index in [0.717, 1.165) is 12.0 Å². The van der Waals surface area contributed by atoms with E-state index in [0.29, 0.717) is 32.1 Å². The molecular formula is C19H25NO5. The zero-order valence-electron chi connectivity index (χ0n) is 14.5. The van der Waals surface area contributed by atoms with Gasteiger partial charge < -0.3 is 24.3 Å². The Morgan fingerprint density at radius 2 is 2.16 bits per heavy atom. The first-order valence-corrected chi connectivity index (χ1v) is 8.89. The molecule has 25 heavy (non-hydrogen) atoms. The maximum atomic E-state index is 11.9. The Morgan fingerprint density at radius 3 is 2.96 bits per heavy atom. The number of rotatable bonds is 7. The van der Waals surface area contributed by atoms with Crippen molar-refractivity contribution < 1.29 is 23.7 Å². The van der Waals surface area contributed by atoms with E-state index >= 15 is 0 Å². The molecule has 2 heterocycles. The Balaban J connectivity index is 1.44. The third kappa shape index (κ3) is 3.31. The highest BCUT2D eigenvalue weighted by Gasteiger charge is 2.70. The molecule has 1 aromatic rings. The zero-order chi connectivity index (χ0) is 17.3. The summed E-state index contributed by atoms with van der Waals surface area (Å²) in [6.45, 7) is 1.99. The van der Waals surface area contributed by atoms with Gasteiger partial charge in [-0.2, -0.15) is 0 Å². The number of methoxy groups -OCH3 is 1. The Kier molecular flexibility index (Phi) is 4.78. The van der Waals surface area contributed by atoms with E-state index in [2.05, 4.69) is 5.32 Å². The van der Waals surface area contributed by atoms with Crippen LogP contribution in [0.2, 0.25) is 0 Å². The molecule has 1 aromatic carbocycles. The smallest absolute Gasteiger partial charge is 0.220 e. The van der Waals surface area contributed by atoms with Crippen LogP contribution < -0.4 is 5.32 Å². The average molecular weight is 347 g/mol. The fraction of sp³-hybridized carbons (Fsp3) is 0.632. The van der Waals surface area contributed by atoms with Crippen molar-refractivity contribution in [2.75, 3.05) is 27.1 Å². The molecule has 3 aliphatic rings. The van der Waals surface area contributed by atoms with Crippen LogP contribution in [0.1, 0.15) is 18.4 Å². The summed E-state index contributed by atoms with van der Waals surface area (Å²) >= 11 is 0. The summed E-state index contributed by atoms with van der Waals surface area (Å²) in [5, 5.41) is 2.97. The van der Waals surface area contributed by atoms with Crippen LogP contribution in [0.25, 0.3) is 0 Å². The second kappa shape index (κ2) is 7.03. The van der Waals surface area contributed by atoms with Crippen LogP contribution in [0.3, 0.4) is 0 Å². The highest BCUT2D eigenvalue weighted by Crippen LogP contribution is 2.56. The van der Waals surface area contributed by atoms with Crippen molar-refractivity contribution in [2.45, 2.75) is 37.3 Å². The summed E-state index contributed by atoms with van der Waals surface area (Å²) in [5.74, 6) is 0.664. The van der Waals surface area contributed by atoms with Crippen molar-refractivity contribution in [2.24, 2.45) is 11.8 Å². The lowest BCUT2D eigenvalue weighted by molar-refractivity contribution is -0.130. The molecule has 0 aromatic heterocycles. The highest BCUT2D eigenvalue weighted by atomic mass is 16.7. The third-order valence-electron chi connectivity index (χ3n) is 5.65. The van der Waals surface area contributed by atoms with Gasteiger partial charge in [0.25, 0.3) is 0 Å². The number of hydrogen-bond donors (Lipinski definition) is 1. The molecule has 5 atom stereocenters. The number of ether oxygens (including phenoxy) is 4. The number of carbonyl (C=O) groups is 1. The topological polar surface area (TPSA) is 69.3 Å². The number of fused-ring (bicyclic) bond motifs is 3. The fourth-order valence-corrected chi connectivity index (χ4v) is 4.40. The summed E-state index contributed by atoms with van der Waals surface area (Å²) in [6.07, 6.45) is 1.38. The first kappa shape index (κ1) is 17.0. The maximum Gasteiger partial charge on any atom is 0.220 e. The molecule has 1 N–H and O–H groups in total. The SMILES string of the molecule is COCO[C@@H]1C[C@@H]2CNC(=O)C[C@@H]2[C@]2(COCc3ccccc3)O[C@H]12. The van der Waals surface area contributed by atoms with E-state index in [1.54, 1.807) is 7.11 Å². The van der Waals surface area contributed by atoms with Gasteiger partial charge in [-0.25, -0.2) is 0 Å². The van der Waals surface area contributed by atoms with Gasteiger partial charge in [0.15, 0.2) is 0 Å².